The number of carbonyl (C=O) groups is 1. The van der Waals surface area contributed by atoms with Crippen LogP contribution in [0, 0.1) is 12.3 Å². The molecule has 0 atom stereocenters. The van der Waals surface area contributed by atoms with Crippen LogP contribution >= 0.6 is 0 Å². The second kappa shape index (κ2) is 4.84. The number of ketones is 1. The summed E-state index contributed by atoms with van der Waals surface area (Å²) in [6.07, 6.45) is 9.17. The highest BCUT2D eigenvalue weighted by Crippen LogP contribution is 2.10. The molecule has 70 valence electrons. The third kappa shape index (κ3) is 3.04. The van der Waals surface area contributed by atoms with Crippen LogP contribution in [0.2, 0.25) is 0 Å². The van der Waals surface area contributed by atoms with Gasteiger partial charge in [0.2, 0.25) is 0 Å². The maximum absolute atomic E-state index is 11.5. The van der Waals surface area contributed by atoms with Gasteiger partial charge in [-0.1, -0.05) is 6.08 Å². The van der Waals surface area contributed by atoms with Crippen LogP contribution in [0.4, 0.5) is 0 Å². The summed E-state index contributed by atoms with van der Waals surface area (Å²) in [4.78, 5) is 13.7. The molecule has 0 unspecified atom stereocenters. The van der Waals surface area contributed by atoms with E-state index in [2.05, 4.69) is 10.8 Å². The van der Waals surface area contributed by atoms with E-state index in [1.165, 1.54) is 0 Å². The molecule has 1 rings (SSSR count). The molecule has 0 saturated heterocycles. The lowest BCUT2D eigenvalue weighted by Gasteiger charge is -2.21. The zero-order valence-corrected chi connectivity index (χ0v) is 8.05. The molecule has 0 bridgehead atoms. The summed E-state index contributed by atoms with van der Waals surface area (Å²) in [5, 5.41) is 0. The molecule has 13 heavy (non-hydrogen) atoms. The van der Waals surface area contributed by atoms with Gasteiger partial charge in [-0.25, -0.2) is 0 Å². The minimum Gasteiger partial charge on any atom is -0.302 e. The Labute approximate surface area is 79.6 Å². The maximum Gasteiger partial charge on any atom is 0.160 e. The molecule has 0 aromatic heterocycles. The molecule has 0 aromatic carbocycles. The van der Waals surface area contributed by atoms with Crippen LogP contribution in [0.15, 0.2) is 11.6 Å². The van der Waals surface area contributed by atoms with E-state index in [4.69, 9.17) is 6.42 Å². The van der Waals surface area contributed by atoms with E-state index in [0.717, 1.165) is 25.1 Å². The first-order chi connectivity index (χ1) is 6.24. The second-order valence-corrected chi connectivity index (χ2v) is 3.38. The fraction of sp³-hybridized carbons (Fsp3) is 0.545. The van der Waals surface area contributed by atoms with Crippen LogP contribution in [0.25, 0.3) is 0 Å². The van der Waals surface area contributed by atoms with Crippen molar-refractivity contribution in [3.05, 3.63) is 11.6 Å². The quantitative estimate of drug-likeness (QED) is 0.604. The molecule has 0 saturated carbocycles. The minimum atomic E-state index is 0.213. The fourth-order valence-electron chi connectivity index (χ4n) is 1.44. The normalized spacial score (nSPS) is 17.7. The molecule has 2 nitrogen and oxygen atoms in total. The topological polar surface area (TPSA) is 20.3 Å². The number of carbonyl (C=O) groups excluding carboxylic acids is 1. The summed E-state index contributed by atoms with van der Waals surface area (Å²) in [6, 6.07) is 0. The standard InChI is InChI=1S/C11H15NO/c1-3-4-7-11(13)10-6-5-8-12(2)9-10/h1,6H,4-5,7-9H2,2H3. The molecule has 0 fully saturated rings. The Bertz CT molecular complexity index is 260. The number of rotatable bonds is 3. The van der Waals surface area contributed by atoms with Gasteiger partial charge in [0.1, 0.15) is 0 Å². The monoisotopic (exact) mass is 177 g/mol. The molecule has 0 spiro atoms. The lowest BCUT2D eigenvalue weighted by Crippen LogP contribution is -2.28. The minimum absolute atomic E-state index is 0.213. The average molecular weight is 177 g/mol. The summed E-state index contributed by atoms with van der Waals surface area (Å²) in [6.45, 7) is 1.83. The zero-order valence-electron chi connectivity index (χ0n) is 8.05. The van der Waals surface area contributed by atoms with Crippen molar-refractivity contribution in [1.82, 2.24) is 4.90 Å². The molecule has 1 aliphatic heterocycles. The number of terminal acetylenes is 1. The summed E-state index contributed by atoms with van der Waals surface area (Å²) in [5.74, 6) is 2.70. The predicted octanol–water partition coefficient (Wildman–Crippen LogP) is 1.23. The highest BCUT2D eigenvalue weighted by molar-refractivity contribution is 5.95. The molecule has 1 aliphatic rings. The van der Waals surface area contributed by atoms with Crippen molar-refractivity contribution in [2.75, 3.05) is 20.1 Å². The smallest absolute Gasteiger partial charge is 0.160 e. The van der Waals surface area contributed by atoms with Gasteiger partial charge in [0.05, 0.1) is 0 Å². The molecular formula is C11H15NO. The van der Waals surface area contributed by atoms with Crippen molar-refractivity contribution in [2.24, 2.45) is 0 Å². The van der Waals surface area contributed by atoms with Crippen LogP contribution in [0.1, 0.15) is 19.3 Å². The van der Waals surface area contributed by atoms with Crippen LogP contribution in [0.3, 0.4) is 0 Å². The van der Waals surface area contributed by atoms with Crippen molar-refractivity contribution in [3.8, 4) is 12.3 Å². The Balaban J connectivity index is 2.47. The van der Waals surface area contributed by atoms with Crippen LogP contribution < -0.4 is 0 Å². The zero-order chi connectivity index (χ0) is 9.68. The van der Waals surface area contributed by atoms with Gasteiger partial charge in [-0.2, -0.15) is 0 Å². The third-order valence-corrected chi connectivity index (χ3v) is 2.20. The lowest BCUT2D eigenvalue weighted by atomic mass is 10.0. The van der Waals surface area contributed by atoms with Gasteiger partial charge < -0.3 is 4.90 Å². The number of hydrogen-bond donors (Lipinski definition) is 0. The van der Waals surface area contributed by atoms with Gasteiger partial charge in [-0.3, -0.25) is 4.79 Å². The van der Waals surface area contributed by atoms with Crippen LogP contribution in [-0.2, 0) is 4.79 Å². The van der Waals surface area contributed by atoms with Gasteiger partial charge >= 0.3 is 0 Å². The van der Waals surface area contributed by atoms with Gasteiger partial charge in [0.15, 0.2) is 5.78 Å². The summed E-state index contributed by atoms with van der Waals surface area (Å²) in [7, 11) is 2.03. The number of likely N-dealkylation sites (N-methyl/N-ethyl adjacent to an activating group) is 1. The van der Waals surface area contributed by atoms with Crippen molar-refractivity contribution in [3.63, 3.8) is 0 Å². The number of Topliss-reactive ketones (excluding diaryl/α,β-unsaturated/α-hetero) is 1. The summed E-state index contributed by atoms with van der Waals surface area (Å²) in [5.41, 5.74) is 0.934. The molecule has 0 aliphatic carbocycles. The van der Waals surface area contributed by atoms with Crippen molar-refractivity contribution in [1.29, 1.82) is 0 Å². The summed E-state index contributed by atoms with van der Waals surface area (Å²) < 4.78 is 0. The first kappa shape index (κ1) is 10.0. The van der Waals surface area contributed by atoms with Crippen molar-refractivity contribution >= 4 is 5.78 Å². The fourth-order valence-corrected chi connectivity index (χ4v) is 1.44. The predicted molar refractivity (Wildman–Crippen MR) is 53.3 cm³/mol. The Kier molecular flexibility index (Phi) is 3.72. The third-order valence-electron chi connectivity index (χ3n) is 2.20. The Morgan fingerprint density at radius 1 is 1.77 bits per heavy atom. The maximum atomic E-state index is 11.5. The number of nitrogens with zero attached hydrogens (tertiary/aromatic N) is 1. The van der Waals surface area contributed by atoms with Gasteiger partial charge in [-0.15, -0.1) is 12.3 Å². The Hall–Kier alpha value is -1.07. The van der Waals surface area contributed by atoms with Crippen molar-refractivity contribution < 1.29 is 4.79 Å². The first-order valence-electron chi connectivity index (χ1n) is 4.58. The second-order valence-electron chi connectivity index (χ2n) is 3.38. The van der Waals surface area contributed by atoms with Gasteiger partial charge in [-0.05, 0) is 13.5 Å². The van der Waals surface area contributed by atoms with E-state index in [-0.39, 0.29) is 5.78 Å². The Morgan fingerprint density at radius 2 is 2.54 bits per heavy atom. The summed E-state index contributed by atoms with van der Waals surface area (Å²) >= 11 is 0. The SMILES string of the molecule is C#CCCC(=O)C1=CCCN(C)C1. The van der Waals surface area contributed by atoms with E-state index >= 15 is 0 Å². The van der Waals surface area contributed by atoms with Crippen LogP contribution in [0.5, 0.6) is 0 Å². The van der Waals surface area contributed by atoms with Crippen molar-refractivity contribution in [2.45, 2.75) is 19.3 Å². The van der Waals surface area contributed by atoms with E-state index < -0.39 is 0 Å². The Morgan fingerprint density at radius 3 is 3.15 bits per heavy atom. The first-order valence-corrected chi connectivity index (χ1v) is 4.58. The van der Waals surface area contributed by atoms with Gasteiger partial charge in [0.25, 0.3) is 0 Å². The molecular weight excluding hydrogens is 162 g/mol. The number of hydrogen-bond acceptors (Lipinski definition) is 2. The largest absolute Gasteiger partial charge is 0.302 e. The molecule has 2 heteroatoms. The van der Waals surface area contributed by atoms with Gasteiger partial charge in [0, 0.05) is 31.5 Å². The highest BCUT2D eigenvalue weighted by atomic mass is 16.1. The molecule has 0 N–H and O–H groups in total. The van der Waals surface area contributed by atoms with E-state index in [1.54, 1.807) is 0 Å². The highest BCUT2D eigenvalue weighted by Gasteiger charge is 2.14. The molecule has 0 amide bonds. The van der Waals surface area contributed by atoms with E-state index in [1.807, 2.05) is 13.1 Å². The molecule has 0 radical (unpaired) electrons. The molecule has 1 heterocycles. The lowest BCUT2D eigenvalue weighted by molar-refractivity contribution is -0.115. The van der Waals surface area contributed by atoms with Crippen LogP contribution in [-0.4, -0.2) is 30.8 Å². The molecule has 0 aromatic rings. The van der Waals surface area contributed by atoms with E-state index in [0.29, 0.717) is 12.8 Å². The van der Waals surface area contributed by atoms with E-state index in [9.17, 15) is 4.79 Å². The average Bonchev–Trinajstić information content (AvgIpc) is 2.14.